The van der Waals surface area contributed by atoms with Crippen molar-refractivity contribution in [3.63, 3.8) is 0 Å². The van der Waals surface area contributed by atoms with Crippen molar-refractivity contribution < 1.29 is 28.2 Å². The first-order valence-electron chi connectivity index (χ1n) is 8.72. The fraction of sp³-hybridized carbons (Fsp3) is 0.611. The number of methoxy groups -OCH3 is 1. The van der Waals surface area contributed by atoms with Crippen LogP contribution in [-0.4, -0.2) is 66.9 Å². The fourth-order valence-corrected chi connectivity index (χ4v) is 2.53. The van der Waals surface area contributed by atoms with E-state index in [4.69, 9.17) is 9.47 Å². The number of carbonyl (C=O) groups excluding carboxylic acids is 2. The molecule has 1 N–H and O–H groups in total. The first-order chi connectivity index (χ1) is 12.7. The molecule has 1 atom stereocenters. The summed E-state index contributed by atoms with van der Waals surface area (Å²) >= 11 is 0. The Morgan fingerprint density at radius 2 is 2.11 bits per heavy atom. The molecule has 1 amide bonds. The van der Waals surface area contributed by atoms with Crippen LogP contribution >= 0.6 is 0 Å². The zero-order valence-electron chi connectivity index (χ0n) is 16.1. The number of piperazine rings is 1. The van der Waals surface area contributed by atoms with Gasteiger partial charge in [-0.1, -0.05) is 0 Å². The molecule has 1 aromatic heterocycles. The molecule has 1 fully saturated rings. The molecule has 0 unspecified atom stereocenters. The standard InChI is InChI=1S/C18H26FN3O5/c1-18(2,3)27-17(24)22-8-7-20-12(9-22)10-26-11-15-13(19)5-6-14(21-15)16(23)25-4/h5-6,12,20H,7-11H2,1-4H3/t12-/m1/s1. The van der Waals surface area contributed by atoms with Crippen LogP contribution in [0.3, 0.4) is 0 Å². The van der Waals surface area contributed by atoms with Gasteiger partial charge in [0.2, 0.25) is 0 Å². The zero-order valence-corrected chi connectivity index (χ0v) is 16.1. The quantitative estimate of drug-likeness (QED) is 0.775. The van der Waals surface area contributed by atoms with E-state index in [-0.39, 0.29) is 36.7 Å². The monoisotopic (exact) mass is 383 g/mol. The van der Waals surface area contributed by atoms with E-state index in [9.17, 15) is 14.0 Å². The summed E-state index contributed by atoms with van der Waals surface area (Å²) in [6, 6.07) is 2.30. The van der Waals surface area contributed by atoms with Gasteiger partial charge >= 0.3 is 12.1 Å². The number of hydrogen-bond donors (Lipinski definition) is 1. The van der Waals surface area contributed by atoms with Gasteiger partial charge in [-0.15, -0.1) is 0 Å². The summed E-state index contributed by atoms with van der Waals surface area (Å²) in [6.07, 6.45) is -0.368. The SMILES string of the molecule is COC(=O)c1ccc(F)c(COC[C@H]2CN(C(=O)OC(C)(C)C)CCN2)n1. The average Bonchev–Trinajstić information content (AvgIpc) is 2.61. The van der Waals surface area contributed by atoms with E-state index in [2.05, 4.69) is 15.0 Å². The fourth-order valence-electron chi connectivity index (χ4n) is 2.53. The van der Waals surface area contributed by atoms with Gasteiger partial charge in [0.15, 0.2) is 0 Å². The number of carbonyl (C=O) groups is 2. The van der Waals surface area contributed by atoms with E-state index in [1.807, 2.05) is 20.8 Å². The average molecular weight is 383 g/mol. The smallest absolute Gasteiger partial charge is 0.410 e. The predicted octanol–water partition coefficient (Wildman–Crippen LogP) is 1.73. The number of ether oxygens (including phenoxy) is 3. The number of rotatable bonds is 5. The van der Waals surface area contributed by atoms with Gasteiger partial charge in [-0.25, -0.2) is 19.0 Å². The Labute approximate surface area is 158 Å². The molecule has 0 aliphatic carbocycles. The minimum Gasteiger partial charge on any atom is -0.464 e. The number of nitrogens with one attached hydrogen (secondary N) is 1. The highest BCUT2D eigenvalue weighted by atomic mass is 19.1. The van der Waals surface area contributed by atoms with E-state index in [1.54, 1.807) is 4.90 Å². The highest BCUT2D eigenvalue weighted by molar-refractivity contribution is 5.87. The van der Waals surface area contributed by atoms with Gasteiger partial charge in [-0.2, -0.15) is 0 Å². The Kier molecular flexibility index (Phi) is 7.09. The Morgan fingerprint density at radius 3 is 2.78 bits per heavy atom. The second-order valence-electron chi connectivity index (χ2n) is 7.21. The number of aromatic nitrogens is 1. The predicted molar refractivity (Wildman–Crippen MR) is 94.8 cm³/mol. The molecule has 2 heterocycles. The van der Waals surface area contributed by atoms with E-state index in [1.165, 1.54) is 13.2 Å². The first kappa shape index (κ1) is 21.0. The second kappa shape index (κ2) is 9.09. The van der Waals surface area contributed by atoms with Crippen molar-refractivity contribution in [2.45, 2.75) is 39.0 Å². The summed E-state index contributed by atoms with van der Waals surface area (Å²) in [5.74, 6) is -1.20. The van der Waals surface area contributed by atoms with Crippen LogP contribution < -0.4 is 5.32 Å². The Bertz CT molecular complexity index is 677. The van der Waals surface area contributed by atoms with Gasteiger partial charge in [-0.05, 0) is 32.9 Å². The van der Waals surface area contributed by atoms with E-state index in [0.717, 1.165) is 6.07 Å². The van der Waals surface area contributed by atoms with Gasteiger partial charge in [0.05, 0.1) is 20.3 Å². The van der Waals surface area contributed by atoms with E-state index >= 15 is 0 Å². The van der Waals surface area contributed by atoms with Crippen molar-refractivity contribution >= 4 is 12.1 Å². The second-order valence-corrected chi connectivity index (χ2v) is 7.21. The van der Waals surface area contributed by atoms with Crippen LogP contribution in [-0.2, 0) is 20.8 Å². The Hall–Kier alpha value is -2.26. The molecule has 0 bridgehead atoms. The van der Waals surface area contributed by atoms with Crippen molar-refractivity contribution in [2.24, 2.45) is 0 Å². The summed E-state index contributed by atoms with van der Waals surface area (Å²) in [5, 5.41) is 3.24. The van der Waals surface area contributed by atoms with Crippen molar-refractivity contribution in [1.82, 2.24) is 15.2 Å². The molecule has 0 saturated carbocycles. The molecule has 2 rings (SSSR count). The van der Waals surface area contributed by atoms with Crippen LogP contribution in [0.15, 0.2) is 12.1 Å². The minimum atomic E-state index is -0.641. The lowest BCUT2D eigenvalue weighted by molar-refractivity contribution is 0.0124. The molecule has 1 saturated heterocycles. The van der Waals surface area contributed by atoms with Gasteiger partial charge in [0.25, 0.3) is 0 Å². The molecule has 9 heteroatoms. The van der Waals surface area contributed by atoms with Gasteiger partial charge in [0.1, 0.15) is 22.8 Å². The molecular weight excluding hydrogens is 357 g/mol. The number of halogens is 1. The molecule has 27 heavy (non-hydrogen) atoms. The summed E-state index contributed by atoms with van der Waals surface area (Å²) in [7, 11) is 1.23. The Balaban J connectivity index is 1.86. The first-order valence-corrected chi connectivity index (χ1v) is 8.72. The third-order valence-corrected chi connectivity index (χ3v) is 3.78. The Morgan fingerprint density at radius 1 is 1.37 bits per heavy atom. The number of nitrogens with zero attached hydrogens (tertiary/aromatic N) is 2. The minimum absolute atomic E-state index is 0.0180. The van der Waals surface area contributed by atoms with Gasteiger partial charge in [-0.3, -0.25) is 0 Å². The van der Waals surface area contributed by atoms with E-state index in [0.29, 0.717) is 19.6 Å². The van der Waals surface area contributed by atoms with Gasteiger partial charge in [0, 0.05) is 25.7 Å². The number of amides is 1. The normalized spacial score (nSPS) is 17.5. The summed E-state index contributed by atoms with van der Waals surface area (Å²) in [6.45, 7) is 7.19. The van der Waals surface area contributed by atoms with E-state index < -0.39 is 17.4 Å². The van der Waals surface area contributed by atoms with Crippen molar-refractivity contribution in [3.05, 3.63) is 29.3 Å². The maximum Gasteiger partial charge on any atom is 0.410 e. The summed E-state index contributed by atoms with van der Waals surface area (Å²) in [4.78, 5) is 29.2. The molecule has 0 spiro atoms. The van der Waals surface area contributed by atoms with Crippen LogP contribution in [0.25, 0.3) is 0 Å². The maximum absolute atomic E-state index is 13.8. The molecule has 0 aromatic carbocycles. The number of pyridine rings is 1. The van der Waals surface area contributed by atoms with Crippen LogP contribution in [0.4, 0.5) is 9.18 Å². The largest absolute Gasteiger partial charge is 0.464 e. The topological polar surface area (TPSA) is 90.0 Å². The highest BCUT2D eigenvalue weighted by Crippen LogP contribution is 2.12. The van der Waals surface area contributed by atoms with Crippen LogP contribution in [0.5, 0.6) is 0 Å². The molecule has 1 aromatic rings. The van der Waals surface area contributed by atoms with Gasteiger partial charge < -0.3 is 24.4 Å². The maximum atomic E-state index is 13.8. The summed E-state index contributed by atoms with van der Waals surface area (Å²) < 4.78 is 29.3. The lowest BCUT2D eigenvalue weighted by Crippen LogP contribution is -2.55. The van der Waals surface area contributed by atoms with Crippen molar-refractivity contribution in [1.29, 1.82) is 0 Å². The number of hydrogen-bond acceptors (Lipinski definition) is 7. The zero-order chi connectivity index (χ0) is 20.0. The highest BCUT2D eigenvalue weighted by Gasteiger charge is 2.27. The lowest BCUT2D eigenvalue weighted by atomic mass is 10.2. The molecule has 1 aliphatic heterocycles. The third kappa shape index (κ3) is 6.44. The molecule has 0 radical (unpaired) electrons. The third-order valence-electron chi connectivity index (χ3n) is 3.78. The van der Waals surface area contributed by atoms with Crippen LogP contribution in [0.2, 0.25) is 0 Å². The van der Waals surface area contributed by atoms with Crippen LogP contribution in [0, 0.1) is 5.82 Å². The van der Waals surface area contributed by atoms with Crippen molar-refractivity contribution in [2.75, 3.05) is 33.4 Å². The molecule has 8 nitrogen and oxygen atoms in total. The molecular formula is C18H26FN3O5. The molecule has 150 valence electrons. The lowest BCUT2D eigenvalue weighted by Gasteiger charge is -2.34. The van der Waals surface area contributed by atoms with Crippen LogP contribution in [0.1, 0.15) is 37.0 Å². The molecule has 1 aliphatic rings. The number of esters is 1. The van der Waals surface area contributed by atoms with Crippen molar-refractivity contribution in [3.8, 4) is 0 Å². The summed E-state index contributed by atoms with van der Waals surface area (Å²) in [5.41, 5.74) is -0.510.